The van der Waals surface area contributed by atoms with Crippen molar-refractivity contribution in [1.29, 1.82) is 0 Å². The van der Waals surface area contributed by atoms with Crippen molar-refractivity contribution in [2.24, 2.45) is 0 Å². The second kappa shape index (κ2) is 4.82. The van der Waals surface area contributed by atoms with Gasteiger partial charge < -0.3 is 10.4 Å². The fourth-order valence-electron chi connectivity index (χ4n) is 1.07. The Bertz CT molecular complexity index is 276. The summed E-state index contributed by atoms with van der Waals surface area (Å²) in [5.41, 5.74) is 1.53. The molecule has 0 unspecified atom stereocenters. The first-order valence-electron chi connectivity index (χ1n) is 4.35. The van der Waals surface area contributed by atoms with E-state index in [1.54, 1.807) is 19.1 Å². The lowest BCUT2D eigenvalue weighted by Crippen LogP contribution is -2.03. The molecule has 0 aliphatic heterocycles. The number of hydrogen-bond donors (Lipinski definition) is 2. The van der Waals surface area contributed by atoms with E-state index in [2.05, 4.69) is 5.32 Å². The second-order valence-corrected chi connectivity index (χ2v) is 2.97. The smallest absolute Gasteiger partial charge is 0.126 e. The van der Waals surface area contributed by atoms with Gasteiger partial charge in [-0.15, -0.1) is 0 Å². The van der Waals surface area contributed by atoms with Crippen molar-refractivity contribution in [3.63, 3.8) is 0 Å². The molecule has 1 aromatic rings. The molecule has 0 fully saturated rings. The molecule has 0 amide bonds. The molecule has 0 saturated carbocycles. The maximum absolute atomic E-state index is 12.8. The van der Waals surface area contributed by atoms with Crippen LogP contribution in [-0.2, 0) is 0 Å². The predicted molar refractivity (Wildman–Crippen MR) is 51.3 cm³/mol. The summed E-state index contributed by atoms with van der Waals surface area (Å²) in [6, 6.07) is 4.89. The van der Waals surface area contributed by atoms with Gasteiger partial charge >= 0.3 is 0 Å². The molecular weight excluding hydrogens is 169 g/mol. The molecular formula is C10H14FNO. The zero-order chi connectivity index (χ0) is 9.68. The van der Waals surface area contributed by atoms with Crippen molar-refractivity contribution < 1.29 is 9.50 Å². The van der Waals surface area contributed by atoms with Gasteiger partial charge in [0.15, 0.2) is 0 Å². The summed E-state index contributed by atoms with van der Waals surface area (Å²) in [4.78, 5) is 0. The Balaban J connectivity index is 2.53. The third-order valence-electron chi connectivity index (χ3n) is 1.82. The zero-order valence-corrected chi connectivity index (χ0v) is 7.68. The Labute approximate surface area is 77.4 Å². The molecule has 3 heteroatoms. The van der Waals surface area contributed by atoms with Gasteiger partial charge in [0.05, 0.1) is 0 Å². The molecule has 0 aliphatic carbocycles. The maximum Gasteiger partial charge on any atom is 0.126 e. The average Bonchev–Trinajstić information content (AvgIpc) is 2.12. The highest BCUT2D eigenvalue weighted by atomic mass is 19.1. The Morgan fingerprint density at radius 1 is 1.46 bits per heavy atom. The van der Waals surface area contributed by atoms with Crippen LogP contribution in [0.4, 0.5) is 10.1 Å². The summed E-state index contributed by atoms with van der Waals surface area (Å²) < 4.78 is 12.8. The predicted octanol–water partition coefficient (Wildman–Crippen LogP) is 1.93. The standard InChI is InChI=1S/C10H14FNO/c1-8-7-9(3-4-10(8)11)12-5-2-6-13/h3-4,7,12-13H,2,5-6H2,1H3. The van der Waals surface area contributed by atoms with Crippen LogP contribution in [0.15, 0.2) is 18.2 Å². The maximum atomic E-state index is 12.8. The number of aliphatic hydroxyl groups is 1. The van der Waals surface area contributed by atoms with E-state index in [9.17, 15) is 4.39 Å². The molecule has 0 aromatic heterocycles. The first kappa shape index (κ1) is 9.99. The Kier molecular flexibility index (Phi) is 3.71. The molecule has 2 nitrogen and oxygen atoms in total. The van der Waals surface area contributed by atoms with Crippen LogP contribution in [0.2, 0.25) is 0 Å². The number of aryl methyl sites for hydroxylation is 1. The average molecular weight is 183 g/mol. The summed E-state index contributed by atoms with van der Waals surface area (Å²) in [5.74, 6) is -0.187. The van der Waals surface area contributed by atoms with E-state index in [0.29, 0.717) is 18.5 Å². The van der Waals surface area contributed by atoms with Crippen LogP contribution < -0.4 is 5.32 Å². The van der Waals surface area contributed by atoms with Gasteiger partial charge in [0.25, 0.3) is 0 Å². The van der Waals surface area contributed by atoms with Gasteiger partial charge in [0.2, 0.25) is 0 Å². The third kappa shape index (κ3) is 3.03. The van der Waals surface area contributed by atoms with Crippen molar-refractivity contribution >= 4 is 5.69 Å². The lowest BCUT2D eigenvalue weighted by Gasteiger charge is -2.06. The summed E-state index contributed by atoms with van der Waals surface area (Å²) in [5, 5.41) is 11.6. The Morgan fingerprint density at radius 3 is 2.85 bits per heavy atom. The first-order valence-corrected chi connectivity index (χ1v) is 4.35. The minimum absolute atomic E-state index is 0.174. The van der Waals surface area contributed by atoms with Gasteiger partial charge in [0, 0.05) is 18.8 Å². The van der Waals surface area contributed by atoms with E-state index in [1.165, 1.54) is 6.07 Å². The van der Waals surface area contributed by atoms with Crippen LogP contribution in [0.1, 0.15) is 12.0 Å². The van der Waals surface area contributed by atoms with Crippen molar-refractivity contribution in [2.45, 2.75) is 13.3 Å². The van der Waals surface area contributed by atoms with E-state index < -0.39 is 0 Å². The number of anilines is 1. The van der Waals surface area contributed by atoms with Crippen molar-refractivity contribution in [3.05, 3.63) is 29.6 Å². The number of halogens is 1. The number of hydrogen-bond acceptors (Lipinski definition) is 2. The van der Waals surface area contributed by atoms with Gasteiger partial charge in [0.1, 0.15) is 5.82 Å². The number of benzene rings is 1. The summed E-state index contributed by atoms with van der Waals surface area (Å²) in [7, 11) is 0. The third-order valence-corrected chi connectivity index (χ3v) is 1.82. The minimum atomic E-state index is -0.187. The molecule has 1 aromatic carbocycles. The van der Waals surface area contributed by atoms with Gasteiger partial charge in [-0.25, -0.2) is 4.39 Å². The molecule has 0 saturated heterocycles. The van der Waals surface area contributed by atoms with Crippen LogP contribution in [-0.4, -0.2) is 18.3 Å². The number of rotatable bonds is 4. The highest BCUT2D eigenvalue weighted by Crippen LogP contribution is 2.13. The molecule has 1 rings (SSSR count). The Morgan fingerprint density at radius 2 is 2.23 bits per heavy atom. The summed E-state index contributed by atoms with van der Waals surface area (Å²) in [6.45, 7) is 2.61. The monoisotopic (exact) mass is 183 g/mol. The topological polar surface area (TPSA) is 32.3 Å². The Hall–Kier alpha value is -1.09. The minimum Gasteiger partial charge on any atom is -0.396 e. The van der Waals surface area contributed by atoms with Crippen molar-refractivity contribution in [3.8, 4) is 0 Å². The normalized spacial score (nSPS) is 10.1. The number of aliphatic hydroxyl groups excluding tert-OH is 1. The molecule has 0 bridgehead atoms. The fourth-order valence-corrected chi connectivity index (χ4v) is 1.07. The fraction of sp³-hybridized carbons (Fsp3) is 0.400. The summed E-state index contributed by atoms with van der Waals surface area (Å²) >= 11 is 0. The van der Waals surface area contributed by atoms with Crippen LogP contribution >= 0.6 is 0 Å². The molecule has 2 N–H and O–H groups in total. The molecule has 72 valence electrons. The zero-order valence-electron chi connectivity index (χ0n) is 7.68. The largest absolute Gasteiger partial charge is 0.396 e. The van der Waals surface area contributed by atoms with Gasteiger partial charge in [-0.2, -0.15) is 0 Å². The van der Waals surface area contributed by atoms with Crippen molar-refractivity contribution in [2.75, 3.05) is 18.5 Å². The van der Waals surface area contributed by atoms with Crippen LogP contribution in [0.3, 0.4) is 0 Å². The van der Waals surface area contributed by atoms with Gasteiger partial charge in [-0.05, 0) is 37.1 Å². The SMILES string of the molecule is Cc1cc(NCCCO)ccc1F. The van der Waals surface area contributed by atoms with E-state index in [4.69, 9.17) is 5.11 Å². The van der Waals surface area contributed by atoms with Gasteiger partial charge in [-0.1, -0.05) is 0 Å². The highest BCUT2D eigenvalue weighted by Gasteiger charge is 1.97. The quantitative estimate of drug-likeness (QED) is 0.699. The van der Waals surface area contributed by atoms with Crippen LogP contribution in [0.5, 0.6) is 0 Å². The first-order chi connectivity index (χ1) is 6.24. The highest BCUT2D eigenvalue weighted by molar-refractivity contribution is 5.45. The lowest BCUT2D eigenvalue weighted by atomic mass is 10.2. The second-order valence-electron chi connectivity index (χ2n) is 2.97. The van der Waals surface area contributed by atoms with Crippen molar-refractivity contribution in [1.82, 2.24) is 0 Å². The van der Waals surface area contributed by atoms with Crippen LogP contribution in [0, 0.1) is 12.7 Å². The van der Waals surface area contributed by atoms with Crippen LogP contribution in [0.25, 0.3) is 0 Å². The molecule has 0 radical (unpaired) electrons. The molecule has 0 aliphatic rings. The molecule has 0 heterocycles. The number of nitrogens with one attached hydrogen (secondary N) is 1. The van der Waals surface area contributed by atoms with Gasteiger partial charge in [-0.3, -0.25) is 0 Å². The molecule has 0 spiro atoms. The molecule has 0 atom stereocenters. The van der Waals surface area contributed by atoms with E-state index >= 15 is 0 Å². The van der Waals surface area contributed by atoms with E-state index in [-0.39, 0.29) is 12.4 Å². The van der Waals surface area contributed by atoms with E-state index in [1.807, 2.05) is 0 Å². The van der Waals surface area contributed by atoms with E-state index in [0.717, 1.165) is 5.69 Å². The lowest BCUT2D eigenvalue weighted by molar-refractivity contribution is 0.292. The molecule has 13 heavy (non-hydrogen) atoms. The summed E-state index contributed by atoms with van der Waals surface area (Å²) in [6.07, 6.45) is 0.705.